The normalized spacial score (nSPS) is 16.2. The molecule has 61 heavy (non-hydrogen) atoms. The van der Waals surface area contributed by atoms with Gasteiger partial charge in [0.05, 0.1) is 35.2 Å². The smallest absolute Gasteiger partial charge is 0.460 e. The minimum absolute atomic E-state index is 0.0783. The summed E-state index contributed by atoms with van der Waals surface area (Å²) >= 11 is 19.3. The molecule has 1 rings (SSSR count). The number of hydrogen-bond donors (Lipinski definition) is 0. The predicted octanol–water partition coefficient (Wildman–Crippen LogP) is 14.4. The van der Waals surface area contributed by atoms with E-state index < -0.39 is 68.3 Å². The van der Waals surface area contributed by atoms with E-state index in [9.17, 15) is 14.4 Å². The first-order chi connectivity index (χ1) is 28.2. The first-order valence-electron chi connectivity index (χ1n) is 22.1. The number of ketones is 1. The van der Waals surface area contributed by atoms with Gasteiger partial charge in [-0.3, -0.25) is 9.59 Å². The maximum Gasteiger partial charge on any atom is 0.508 e. The highest BCUT2D eigenvalue weighted by molar-refractivity contribution is 7.09. The standard InChI is InChI=1S/C46H78Cl3NO8SSi2/c1-17-60(18-2,19-3)57-38(34(9)28-37-30-59-36(11)50-37)27-26-32(7)24-23-25-33(8)41(55-43(53)54-31-46(47,48)49)35(10)42(52)45(15,16)39(29-40(51)56-44(12,13)14)58-61(20-4,21-5)22-6/h23-24,26,28,30,33,35,38-39,41H,17-22,25,27,29,31H2,1-16H3/t33-,35+,38-,39-,41-/m0/s1. The molecule has 5 atom stereocenters. The molecule has 9 nitrogen and oxygen atoms in total. The number of Topliss-reactive ketones (excluding diaryl/α,β-unsaturated/α-hetero) is 1. The average Bonchev–Trinajstić information content (AvgIpc) is 3.60. The quantitative estimate of drug-likeness (QED) is 0.0388. The number of allylic oxidation sites excluding steroid dienone is 3. The number of hydrogen-bond acceptors (Lipinski definition) is 10. The second-order valence-electron chi connectivity index (χ2n) is 18.1. The number of rotatable bonds is 26. The number of halogens is 3. The van der Waals surface area contributed by atoms with Gasteiger partial charge in [0.2, 0.25) is 3.79 Å². The summed E-state index contributed by atoms with van der Waals surface area (Å²) in [6.07, 6.45) is 6.68. The first-order valence-corrected chi connectivity index (χ1v) is 29.2. The fraction of sp³-hybridized carbons (Fsp3) is 0.739. The number of carbonyl (C=O) groups is 3. The molecule has 0 spiro atoms. The van der Waals surface area contributed by atoms with Gasteiger partial charge in [-0.15, -0.1) is 11.3 Å². The van der Waals surface area contributed by atoms with Crippen LogP contribution < -0.4 is 0 Å². The summed E-state index contributed by atoms with van der Waals surface area (Å²) in [5, 5.41) is 3.10. The predicted molar refractivity (Wildman–Crippen MR) is 261 cm³/mol. The van der Waals surface area contributed by atoms with E-state index in [4.69, 9.17) is 57.9 Å². The Morgan fingerprint density at radius 1 is 0.852 bits per heavy atom. The summed E-state index contributed by atoms with van der Waals surface area (Å²) in [6, 6.07) is 5.65. The number of carbonyl (C=O) groups excluding carboxylic acids is 3. The number of aryl methyl sites for hydroxylation is 1. The van der Waals surface area contributed by atoms with Gasteiger partial charge in [-0.05, 0) is 108 Å². The molecule has 0 aliphatic rings. The summed E-state index contributed by atoms with van der Waals surface area (Å²) in [4.78, 5) is 45.9. The number of aromatic nitrogens is 1. The Kier molecular flexibility index (Phi) is 24.4. The van der Waals surface area contributed by atoms with Crippen LogP contribution in [0, 0.1) is 24.2 Å². The van der Waals surface area contributed by atoms with Crippen LogP contribution in [0.1, 0.15) is 134 Å². The lowest BCUT2D eigenvalue weighted by atomic mass is 9.73. The zero-order valence-corrected chi connectivity index (χ0v) is 45.2. The van der Waals surface area contributed by atoms with E-state index in [1.807, 2.05) is 46.8 Å². The molecule has 0 amide bonds. The molecule has 350 valence electrons. The molecule has 0 N–H and O–H groups in total. The third-order valence-electron chi connectivity index (χ3n) is 12.0. The lowest BCUT2D eigenvalue weighted by molar-refractivity contribution is -0.159. The van der Waals surface area contributed by atoms with Crippen LogP contribution in [0.4, 0.5) is 4.79 Å². The molecular weight excluding hydrogens is 889 g/mol. The molecule has 15 heteroatoms. The van der Waals surface area contributed by atoms with Crippen molar-refractivity contribution >= 4 is 86.8 Å². The van der Waals surface area contributed by atoms with Crippen molar-refractivity contribution in [3.63, 3.8) is 0 Å². The third-order valence-corrected chi connectivity index (χ3v) is 22.4. The second-order valence-corrected chi connectivity index (χ2v) is 31.1. The molecule has 0 fully saturated rings. The molecule has 0 radical (unpaired) electrons. The van der Waals surface area contributed by atoms with Crippen molar-refractivity contribution in [1.82, 2.24) is 4.98 Å². The Labute approximate surface area is 390 Å². The third kappa shape index (κ3) is 19.6. The van der Waals surface area contributed by atoms with Gasteiger partial charge in [0, 0.05) is 10.8 Å². The van der Waals surface area contributed by atoms with Gasteiger partial charge in [0.25, 0.3) is 0 Å². The molecule has 0 saturated heterocycles. The molecule has 0 aliphatic carbocycles. The summed E-state index contributed by atoms with van der Waals surface area (Å²) in [7, 11) is -4.24. The van der Waals surface area contributed by atoms with Crippen LogP contribution in [-0.4, -0.2) is 73.8 Å². The summed E-state index contributed by atoms with van der Waals surface area (Å²) < 4.78 is 28.9. The van der Waals surface area contributed by atoms with E-state index in [1.165, 1.54) is 0 Å². The maximum absolute atomic E-state index is 14.8. The van der Waals surface area contributed by atoms with Gasteiger partial charge in [-0.25, -0.2) is 9.78 Å². The molecular formula is C46H78Cl3NO8SSi2. The van der Waals surface area contributed by atoms with E-state index in [2.05, 4.69) is 77.9 Å². The van der Waals surface area contributed by atoms with E-state index in [0.717, 1.165) is 58.1 Å². The molecule has 1 aromatic rings. The van der Waals surface area contributed by atoms with Crippen molar-refractivity contribution in [1.29, 1.82) is 0 Å². The Bertz CT molecular complexity index is 1610. The number of alkyl halides is 3. The van der Waals surface area contributed by atoms with E-state index in [0.29, 0.717) is 12.8 Å². The van der Waals surface area contributed by atoms with Crippen molar-refractivity contribution in [2.45, 2.75) is 194 Å². The highest BCUT2D eigenvalue weighted by atomic mass is 35.6. The number of esters is 1. The lowest BCUT2D eigenvalue weighted by Crippen LogP contribution is -2.52. The molecule has 0 aromatic carbocycles. The van der Waals surface area contributed by atoms with Crippen molar-refractivity contribution < 1.29 is 37.4 Å². The minimum Gasteiger partial charge on any atom is -0.460 e. The van der Waals surface area contributed by atoms with Gasteiger partial charge in [0.15, 0.2) is 16.6 Å². The second kappa shape index (κ2) is 25.8. The zero-order chi connectivity index (χ0) is 47.0. The molecule has 1 aromatic heterocycles. The Morgan fingerprint density at radius 2 is 1.39 bits per heavy atom. The fourth-order valence-electron chi connectivity index (χ4n) is 7.54. The average molecular weight is 968 g/mol. The van der Waals surface area contributed by atoms with Crippen LogP contribution >= 0.6 is 46.1 Å². The topological polar surface area (TPSA) is 110 Å². The van der Waals surface area contributed by atoms with Gasteiger partial charge in [0.1, 0.15) is 24.1 Å². The number of nitrogens with zero attached hydrogens (tertiary/aromatic N) is 1. The van der Waals surface area contributed by atoms with Crippen molar-refractivity contribution in [2.24, 2.45) is 17.3 Å². The van der Waals surface area contributed by atoms with Crippen LogP contribution in [0.5, 0.6) is 0 Å². The van der Waals surface area contributed by atoms with Crippen LogP contribution in [0.2, 0.25) is 36.3 Å². The number of ether oxygens (including phenoxy) is 3. The summed E-state index contributed by atoms with van der Waals surface area (Å²) in [6.45, 7) is 31.4. The van der Waals surface area contributed by atoms with Crippen molar-refractivity contribution in [2.75, 3.05) is 6.61 Å². The molecule has 0 bridgehead atoms. The molecule has 0 saturated carbocycles. The molecule has 0 aliphatic heterocycles. The van der Waals surface area contributed by atoms with E-state index in [1.54, 1.807) is 32.1 Å². The van der Waals surface area contributed by atoms with Gasteiger partial charge >= 0.3 is 12.1 Å². The molecule has 1 heterocycles. The fourth-order valence-corrected chi connectivity index (χ4v) is 14.1. The minimum atomic E-state index is -2.31. The SMILES string of the molecule is CC[Si](CC)(CC)O[C@@H](CC=C(C)C=CC[C@H](C)[C@H](OC(=O)OCC(Cl)(Cl)Cl)[C@@H](C)C(=O)C(C)(C)[C@H](CC(=O)OC(C)(C)C)O[Si](CC)(CC)CC)C(C)=Cc1csc(C)n1. The monoisotopic (exact) mass is 965 g/mol. The zero-order valence-electron chi connectivity index (χ0n) is 40.1. The van der Waals surface area contributed by atoms with Gasteiger partial charge < -0.3 is 23.1 Å². The first kappa shape index (κ1) is 57.5. The van der Waals surface area contributed by atoms with E-state index >= 15 is 0 Å². The molecule has 0 unspecified atom stereocenters. The van der Waals surface area contributed by atoms with Gasteiger partial charge in [-0.2, -0.15) is 0 Å². The van der Waals surface area contributed by atoms with Crippen LogP contribution in [-0.2, 0) is 32.7 Å². The highest BCUT2D eigenvalue weighted by Crippen LogP contribution is 2.38. The van der Waals surface area contributed by atoms with Crippen LogP contribution in [0.25, 0.3) is 6.08 Å². The van der Waals surface area contributed by atoms with E-state index in [-0.39, 0.29) is 24.2 Å². The number of thiazole rings is 1. The lowest BCUT2D eigenvalue weighted by Gasteiger charge is -2.42. The Morgan fingerprint density at radius 3 is 1.87 bits per heavy atom. The van der Waals surface area contributed by atoms with Crippen LogP contribution in [0.3, 0.4) is 0 Å². The van der Waals surface area contributed by atoms with Gasteiger partial charge in [-0.1, -0.05) is 128 Å². The van der Waals surface area contributed by atoms with Crippen LogP contribution in [0.15, 0.2) is 34.8 Å². The summed E-state index contributed by atoms with van der Waals surface area (Å²) in [5.74, 6) is -1.82. The summed E-state index contributed by atoms with van der Waals surface area (Å²) in [5.41, 5.74) is 1.28. The van der Waals surface area contributed by atoms with Crippen molar-refractivity contribution in [3.8, 4) is 0 Å². The largest absolute Gasteiger partial charge is 0.508 e. The maximum atomic E-state index is 14.8. The highest BCUT2D eigenvalue weighted by Gasteiger charge is 2.48. The Balaban J connectivity index is 3.53. The Hall–Kier alpha value is -1.52. The van der Waals surface area contributed by atoms with Crippen molar-refractivity contribution in [3.05, 3.63) is 45.5 Å².